The van der Waals surface area contributed by atoms with Gasteiger partial charge in [0.25, 0.3) is 5.91 Å². The molecule has 3 heterocycles. The van der Waals surface area contributed by atoms with Crippen LogP contribution < -0.4 is 15.0 Å². The molecule has 8 nitrogen and oxygen atoms in total. The molecule has 5 rings (SSSR count). The molecular weight excluding hydrogens is 466 g/mol. The molecule has 1 N–H and O–H groups in total. The number of carbonyl (C=O) groups is 1. The predicted octanol–water partition coefficient (Wildman–Crippen LogP) is 4.67. The molecule has 1 aliphatic rings. The van der Waals surface area contributed by atoms with Crippen molar-refractivity contribution in [3.63, 3.8) is 0 Å². The average Bonchev–Trinajstić information content (AvgIpc) is 3.28. The number of fused-ring (bicyclic) bond motifs is 1. The second-order valence-electron chi connectivity index (χ2n) is 7.51. The number of nitrogens with one attached hydrogen (secondary N) is 1. The zero-order valence-corrected chi connectivity index (χ0v) is 18.6. The number of hydrogen-bond donors (Lipinski definition) is 1. The van der Waals surface area contributed by atoms with Crippen molar-refractivity contribution in [2.75, 3.05) is 23.3 Å². The largest absolute Gasteiger partial charge is 0.437 e. The van der Waals surface area contributed by atoms with Crippen LogP contribution in [-0.4, -0.2) is 38.7 Å². The van der Waals surface area contributed by atoms with Crippen molar-refractivity contribution >= 4 is 29.1 Å². The van der Waals surface area contributed by atoms with Gasteiger partial charge in [-0.3, -0.25) is 14.4 Å². The summed E-state index contributed by atoms with van der Waals surface area (Å²) in [7, 11) is 1.84. The molecule has 0 aliphatic carbocycles. The molecule has 172 valence electrons. The highest BCUT2D eigenvalue weighted by Crippen LogP contribution is 2.32. The van der Waals surface area contributed by atoms with Crippen LogP contribution in [0.25, 0.3) is 11.1 Å². The van der Waals surface area contributed by atoms with Gasteiger partial charge in [0, 0.05) is 31.9 Å². The first-order valence-electron chi connectivity index (χ1n) is 10.2. The number of carbonyl (C=O) groups excluding carboxylic acids is 1. The number of anilines is 2. The Bertz CT molecular complexity index is 1390. The molecule has 0 spiro atoms. The molecule has 0 unspecified atom stereocenters. The number of rotatable bonds is 4. The van der Waals surface area contributed by atoms with Gasteiger partial charge in [0.1, 0.15) is 17.4 Å². The Labute approximate surface area is 197 Å². The van der Waals surface area contributed by atoms with Crippen LogP contribution in [0.1, 0.15) is 10.4 Å². The third kappa shape index (κ3) is 4.03. The first kappa shape index (κ1) is 21.8. The zero-order valence-electron chi connectivity index (χ0n) is 17.8. The topological polar surface area (TPSA) is 85.2 Å². The first-order chi connectivity index (χ1) is 16.4. The van der Waals surface area contributed by atoms with E-state index in [4.69, 9.17) is 16.3 Å². The van der Waals surface area contributed by atoms with Crippen LogP contribution >= 0.6 is 11.6 Å². The summed E-state index contributed by atoms with van der Waals surface area (Å²) in [5, 5.41) is 6.60. The summed E-state index contributed by atoms with van der Waals surface area (Å²) in [6.45, 7) is 0.494. The smallest absolute Gasteiger partial charge is 0.264 e. The lowest BCUT2D eigenvalue weighted by Crippen LogP contribution is -2.40. The van der Waals surface area contributed by atoms with E-state index in [1.807, 2.05) is 25.4 Å². The minimum absolute atomic E-state index is 0.125. The molecule has 2 aromatic carbocycles. The predicted molar refractivity (Wildman–Crippen MR) is 122 cm³/mol. The highest BCUT2D eigenvalue weighted by atomic mass is 35.5. The van der Waals surface area contributed by atoms with Crippen molar-refractivity contribution in [3.05, 3.63) is 77.2 Å². The molecular formula is C23H17ClF2N6O2. The normalized spacial score (nSPS) is 12.8. The van der Waals surface area contributed by atoms with E-state index in [0.717, 1.165) is 23.3 Å². The lowest BCUT2D eigenvalue weighted by atomic mass is 10.1. The fourth-order valence-electron chi connectivity index (χ4n) is 3.58. The second-order valence-corrected chi connectivity index (χ2v) is 7.89. The van der Waals surface area contributed by atoms with E-state index in [1.165, 1.54) is 11.1 Å². The van der Waals surface area contributed by atoms with Gasteiger partial charge in [-0.1, -0.05) is 23.7 Å². The van der Waals surface area contributed by atoms with Crippen LogP contribution in [0.4, 0.5) is 20.4 Å². The molecule has 11 heteroatoms. The molecule has 0 atom stereocenters. The molecule has 0 fully saturated rings. The number of ether oxygens (including phenoxy) is 1. The zero-order chi connectivity index (χ0) is 23.8. The van der Waals surface area contributed by atoms with E-state index in [9.17, 15) is 13.6 Å². The molecule has 34 heavy (non-hydrogen) atoms. The summed E-state index contributed by atoms with van der Waals surface area (Å²) in [6.07, 6.45) is 5.07. The summed E-state index contributed by atoms with van der Waals surface area (Å²) in [5.74, 6) is -1.57. The molecule has 1 aliphatic heterocycles. The van der Waals surface area contributed by atoms with E-state index >= 15 is 0 Å². The SMILES string of the molecule is Cn1cc(-c2ccc(Oc3cnc4c(n3)N(C(=O)c3c(F)ccc(F)c3Cl)CCN4)cc2)cn1. The van der Waals surface area contributed by atoms with Crippen LogP contribution in [0, 0.1) is 11.6 Å². The number of aryl methyl sites for hydroxylation is 1. The van der Waals surface area contributed by atoms with Gasteiger partial charge in [0.2, 0.25) is 5.88 Å². The van der Waals surface area contributed by atoms with Gasteiger partial charge < -0.3 is 10.1 Å². The average molecular weight is 483 g/mol. The molecule has 0 radical (unpaired) electrons. The van der Waals surface area contributed by atoms with Crippen LogP contribution in [0.5, 0.6) is 11.6 Å². The monoisotopic (exact) mass is 482 g/mol. The van der Waals surface area contributed by atoms with E-state index in [2.05, 4.69) is 20.4 Å². The number of halogens is 3. The fourth-order valence-corrected chi connectivity index (χ4v) is 3.81. The number of hydrogen-bond acceptors (Lipinski definition) is 6. The Kier molecular flexibility index (Phi) is 5.58. The highest BCUT2D eigenvalue weighted by molar-refractivity contribution is 6.34. The molecule has 1 amide bonds. The molecule has 0 saturated carbocycles. The Balaban J connectivity index is 1.42. The minimum Gasteiger partial charge on any atom is -0.437 e. The molecule has 4 aromatic rings. The van der Waals surface area contributed by atoms with Crippen molar-refractivity contribution in [1.29, 1.82) is 0 Å². The number of nitrogens with zero attached hydrogens (tertiary/aromatic N) is 5. The Morgan fingerprint density at radius 2 is 1.85 bits per heavy atom. The van der Waals surface area contributed by atoms with E-state index in [-0.39, 0.29) is 18.2 Å². The number of benzene rings is 2. The number of amides is 1. The van der Waals surface area contributed by atoms with Crippen molar-refractivity contribution in [2.24, 2.45) is 7.05 Å². The quantitative estimate of drug-likeness (QED) is 0.425. The summed E-state index contributed by atoms with van der Waals surface area (Å²) in [5.41, 5.74) is 1.37. The summed E-state index contributed by atoms with van der Waals surface area (Å²) in [6, 6.07) is 9.02. The van der Waals surface area contributed by atoms with Crippen molar-refractivity contribution < 1.29 is 18.3 Å². The molecule has 2 aromatic heterocycles. The lowest BCUT2D eigenvalue weighted by Gasteiger charge is -2.29. The second kappa shape index (κ2) is 8.71. The van der Waals surface area contributed by atoms with Crippen molar-refractivity contribution in [3.8, 4) is 22.8 Å². The van der Waals surface area contributed by atoms with Gasteiger partial charge in [0.05, 0.1) is 23.0 Å². The summed E-state index contributed by atoms with van der Waals surface area (Å²) >= 11 is 5.89. The van der Waals surface area contributed by atoms with Gasteiger partial charge in [0.15, 0.2) is 11.6 Å². The third-order valence-electron chi connectivity index (χ3n) is 5.23. The lowest BCUT2D eigenvalue weighted by molar-refractivity contribution is 0.0982. The van der Waals surface area contributed by atoms with Crippen LogP contribution in [0.2, 0.25) is 5.02 Å². The third-order valence-corrected chi connectivity index (χ3v) is 5.60. The maximum Gasteiger partial charge on any atom is 0.264 e. The van der Waals surface area contributed by atoms with Crippen molar-refractivity contribution in [1.82, 2.24) is 19.7 Å². The first-order valence-corrected chi connectivity index (χ1v) is 10.6. The van der Waals surface area contributed by atoms with Gasteiger partial charge in [-0.2, -0.15) is 10.1 Å². The van der Waals surface area contributed by atoms with Gasteiger partial charge in [-0.25, -0.2) is 13.8 Å². The Hall–Kier alpha value is -4.05. The maximum absolute atomic E-state index is 14.4. The standard InChI is InChI=1S/C23H17ClF2N6O2/c1-31-12-14(10-29-31)13-2-4-15(5-3-13)34-18-11-28-21-22(30-18)32(9-8-27-21)23(33)19-16(25)6-7-17(26)20(19)24/h2-7,10-12H,8-9H2,1H3,(H,27,28). The fraction of sp³-hybridized carbons (Fsp3) is 0.130. The van der Waals surface area contributed by atoms with Gasteiger partial charge >= 0.3 is 0 Å². The van der Waals surface area contributed by atoms with Gasteiger partial charge in [-0.05, 0) is 29.8 Å². The molecule has 0 saturated heterocycles. The van der Waals surface area contributed by atoms with Crippen LogP contribution in [0.15, 0.2) is 55.0 Å². The summed E-state index contributed by atoms with van der Waals surface area (Å²) < 4.78 is 35.8. The number of aromatic nitrogens is 4. The van der Waals surface area contributed by atoms with Crippen molar-refractivity contribution in [2.45, 2.75) is 0 Å². The van der Waals surface area contributed by atoms with Gasteiger partial charge in [-0.15, -0.1) is 0 Å². The highest BCUT2D eigenvalue weighted by Gasteiger charge is 2.30. The van der Waals surface area contributed by atoms with Crippen LogP contribution in [-0.2, 0) is 7.05 Å². The van der Waals surface area contributed by atoms with E-state index in [0.29, 0.717) is 18.1 Å². The van der Waals surface area contributed by atoms with Crippen LogP contribution in [0.3, 0.4) is 0 Å². The maximum atomic E-state index is 14.4. The Morgan fingerprint density at radius 1 is 1.09 bits per heavy atom. The van der Waals surface area contributed by atoms with E-state index in [1.54, 1.807) is 23.0 Å². The van der Waals surface area contributed by atoms with E-state index < -0.39 is 28.1 Å². The Morgan fingerprint density at radius 3 is 2.59 bits per heavy atom. The summed E-state index contributed by atoms with van der Waals surface area (Å²) in [4.78, 5) is 22.9. The minimum atomic E-state index is -0.925. The molecule has 0 bridgehead atoms.